The number of hydrogen-bond acceptors (Lipinski definition) is 3. The van der Waals surface area contributed by atoms with Crippen molar-refractivity contribution in [1.82, 2.24) is 10.3 Å². The summed E-state index contributed by atoms with van der Waals surface area (Å²) in [6, 6.07) is 14.1. The molecule has 0 amide bonds. The molecule has 0 radical (unpaired) electrons. The summed E-state index contributed by atoms with van der Waals surface area (Å²) in [6.07, 6.45) is 0. The zero-order valence-corrected chi connectivity index (χ0v) is 10.8. The highest BCUT2D eigenvalue weighted by atomic mass is 32.2. The monoisotopic (exact) mass is 280 g/mol. The summed E-state index contributed by atoms with van der Waals surface area (Å²) in [4.78, 5) is 2.36. The highest BCUT2D eigenvalue weighted by Gasteiger charge is 2.12. The standard InChI is InChI=1S/C13H13FN2O2S/c14-13-9-5-4-6-11(13)10-15-16-19(17,18)12-7-2-1-3-8-12/h1-9,15-16H,10H2. The van der Waals surface area contributed by atoms with Crippen LogP contribution in [0.3, 0.4) is 0 Å². The summed E-state index contributed by atoms with van der Waals surface area (Å²) in [7, 11) is -3.63. The van der Waals surface area contributed by atoms with Crippen molar-refractivity contribution < 1.29 is 12.8 Å². The Balaban J connectivity index is 1.98. The van der Waals surface area contributed by atoms with Crippen LogP contribution in [-0.4, -0.2) is 8.42 Å². The number of sulfonamides is 1. The van der Waals surface area contributed by atoms with Gasteiger partial charge in [0.1, 0.15) is 5.82 Å². The quantitative estimate of drug-likeness (QED) is 0.821. The van der Waals surface area contributed by atoms with Crippen molar-refractivity contribution in [3.05, 3.63) is 66.0 Å². The van der Waals surface area contributed by atoms with Crippen molar-refractivity contribution in [1.29, 1.82) is 0 Å². The molecular weight excluding hydrogens is 267 g/mol. The predicted molar refractivity (Wildman–Crippen MR) is 70.0 cm³/mol. The van der Waals surface area contributed by atoms with E-state index in [9.17, 15) is 12.8 Å². The molecule has 0 aliphatic carbocycles. The summed E-state index contributed by atoms with van der Waals surface area (Å²) in [5, 5.41) is 0. The molecule has 2 aromatic carbocycles. The van der Waals surface area contributed by atoms with E-state index in [4.69, 9.17) is 0 Å². The van der Waals surface area contributed by atoms with Gasteiger partial charge in [0.15, 0.2) is 0 Å². The fourth-order valence-electron chi connectivity index (χ4n) is 1.53. The first-order chi connectivity index (χ1) is 9.09. The molecule has 0 heterocycles. The third kappa shape index (κ3) is 3.60. The van der Waals surface area contributed by atoms with Gasteiger partial charge in [-0.15, -0.1) is 4.83 Å². The second-order valence-electron chi connectivity index (χ2n) is 3.86. The average Bonchev–Trinajstić information content (AvgIpc) is 2.42. The number of hydrazine groups is 1. The highest BCUT2D eigenvalue weighted by molar-refractivity contribution is 7.89. The molecule has 0 saturated heterocycles. The first kappa shape index (κ1) is 13.7. The lowest BCUT2D eigenvalue weighted by molar-refractivity contribution is 0.543. The third-order valence-electron chi connectivity index (χ3n) is 2.50. The van der Waals surface area contributed by atoms with Gasteiger partial charge in [-0.25, -0.2) is 18.2 Å². The van der Waals surface area contributed by atoms with E-state index in [1.54, 1.807) is 36.4 Å². The van der Waals surface area contributed by atoms with Crippen molar-refractivity contribution in [2.75, 3.05) is 0 Å². The molecule has 0 atom stereocenters. The lowest BCUT2D eigenvalue weighted by Gasteiger charge is -2.08. The maximum Gasteiger partial charge on any atom is 0.253 e. The highest BCUT2D eigenvalue weighted by Crippen LogP contribution is 2.07. The molecule has 4 nitrogen and oxygen atoms in total. The third-order valence-corrected chi connectivity index (χ3v) is 3.80. The van der Waals surface area contributed by atoms with E-state index in [1.807, 2.05) is 0 Å². The molecule has 0 spiro atoms. The minimum Gasteiger partial charge on any atom is -0.239 e. The Kier molecular flexibility index (Phi) is 4.26. The normalized spacial score (nSPS) is 11.4. The van der Waals surface area contributed by atoms with Gasteiger partial charge < -0.3 is 0 Å². The Bertz CT molecular complexity index is 645. The minimum absolute atomic E-state index is 0.0682. The van der Waals surface area contributed by atoms with Crippen LogP contribution in [0.25, 0.3) is 0 Å². The average molecular weight is 280 g/mol. The molecule has 0 bridgehead atoms. The maximum absolute atomic E-state index is 13.3. The second-order valence-corrected chi connectivity index (χ2v) is 5.55. The fourth-order valence-corrected chi connectivity index (χ4v) is 2.42. The predicted octanol–water partition coefficient (Wildman–Crippen LogP) is 1.81. The van der Waals surface area contributed by atoms with Gasteiger partial charge >= 0.3 is 0 Å². The SMILES string of the molecule is O=S(=O)(NNCc1ccccc1F)c1ccccc1. The zero-order valence-electron chi connectivity index (χ0n) is 10.0. The molecule has 19 heavy (non-hydrogen) atoms. The Hall–Kier alpha value is -1.76. The van der Waals surface area contributed by atoms with Gasteiger partial charge in [0.05, 0.1) is 4.90 Å². The lowest BCUT2D eigenvalue weighted by Crippen LogP contribution is -2.36. The van der Waals surface area contributed by atoms with E-state index in [1.165, 1.54) is 18.2 Å². The van der Waals surface area contributed by atoms with E-state index in [-0.39, 0.29) is 17.3 Å². The number of benzene rings is 2. The largest absolute Gasteiger partial charge is 0.253 e. The summed E-state index contributed by atoms with van der Waals surface area (Å²) in [5.74, 6) is -0.381. The van der Waals surface area contributed by atoms with Crippen molar-refractivity contribution >= 4 is 10.0 Å². The molecule has 2 N–H and O–H groups in total. The van der Waals surface area contributed by atoms with Crippen molar-refractivity contribution in [2.24, 2.45) is 0 Å². The van der Waals surface area contributed by atoms with Gasteiger partial charge in [0.2, 0.25) is 0 Å². The Morgan fingerprint density at radius 3 is 2.26 bits per heavy atom. The van der Waals surface area contributed by atoms with Gasteiger partial charge in [-0.1, -0.05) is 36.4 Å². The molecule has 6 heteroatoms. The number of halogens is 1. The fraction of sp³-hybridized carbons (Fsp3) is 0.0769. The summed E-state index contributed by atoms with van der Waals surface area (Å²) < 4.78 is 37.0. The van der Waals surface area contributed by atoms with Crippen molar-refractivity contribution in [3.8, 4) is 0 Å². The van der Waals surface area contributed by atoms with E-state index < -0.39 is 10.0 Å². The van der Waals surface area contributed by atoms with Crippen LogP contribution in [0.2, 0.25) is 0 Å². The Morgan fingerprint density at radius 1 is 0.947 bits per heavy atom. The van der Waals surface area contributed by atoms with Gasteiger partial charge in [0, 0.05) is 12.1 Å². The molecule has 0 saturated carbocycles. The van der Waals surface area contributed by atoms with Crippen LogP contribution < -0.4 is 10.3 Å². The molecular formula is C13H13FN2O2S. The van der Waals surface area contributed by atoms with Crippen LogP contribution in [0, 0.1) is 5.82 Å². The van der Waals surface area contributed by atoms with Crippen LogP contribution in [0.4, 0.5) is 4.39 Å². The maximum atomic E-state index is 13.3. The van der Waals surface area contributed by atoms with Crippen LogP contribution >= 0.6 is 0 Å². The topological polar surface area (TPSA) is 58.2 Å². The van der Waals surface area contributed by atoms with E-state index in [0.717, 1.165) is 0 Å². The molecule has 0 aliphatic heterocycles. The summed E-state index contributed by atoms with van der Waals surface area (Å²) >= 11 is 0. The Morgan fingerprint density at radius 2 is 1.58 bits per heavy atom. The zero-order chi connectivity index (χ0) is 13.7. The molecule has 100 valence electrons. The first-order valence-corrected chi connectivity index (χ1v) is 7.11. The van der Waals surface area contributed by atoms with Crippen LogP contribution in [0.5, 0.6) is 0 Å². The van der Waals surface area contributed by atoms with E-state index >= 15 is 0 Å². The van der Waals surface area contributed by atoms with E-state index in [2.05, 4.69) is 10.3 Å². The summed E-state index contributed by atoms with van der Waals surface area (Å²) in [5.41, 5.74) is 2.89. The van der Waals surface area contributed by atoms with Gasteiger partial charge in [-0.3, -0.25) is 0 Å². The molecule has 0 unspecified atom stereocenters. The number of rotatable bonds is 5. The molecule has 0 fully saturated rings. The van der Waals surface area contributed by atoms with Gasteiger partial charge in [-0.2, -0.15) is 0 Å². The van der Waals surface area contributed by atoms with Crippen molar-refractivity contribution in [3.63, 3.8) is 0 Å². The Labute approximate surface area is 111 Å². The minimum atomic E-state index is -3.63. The van der Waals surface area contributed by atoms with Gasteiger partial charge in [-0.05, 0) is 18.2 Å². The van der Waals surface area contributed by atoms with Crippen LogP contribution in [0.1, 0.15) is 5.56 Å². The first-order valence-electron chi connectivity index (χ1n) is 5.63. The van der Waals surface area contributed by atoms with Gasteiger partial charge in [0.25, 0.3) is 10.0 Å². The molecule has 0 aliphatic rings. The molecule has 2 aromatic rings. The summed E-state index contributed by atoms with van der Waals surface area (Å²) in [6.45, 7) is 0.0682. The van der Waals surface area contributed by atoms with Crippen LogP contribution in [-0.2, 0) is 16.6 Å². The van der Waals surface area contributed by atoms with E-state index in [0.29, 0.717) is 5.56 Å². The number of nitrogens with one attached hydrogen (secondary N) is 2. The lowest BCUT2D eigenvalue weighted by atomic mass is 10.2. The van der Waals surface area contributed by atoms with Crippen LogP contribution in [0.15, 0.2) is 59.5 Å². The number of hydrogen-bond donors (Lipinski definition) is 2. The molecule has 0 aromatic heterocycles. The molecule has 2 rings (SSSR count). The van der Waals surface area contributed by atoms with Crippen molar-refractivity contribution in [2.45, 2.75) is 11.4 Å². The second kappa shape index (κ2) is 5.92. The smallest absolute Gasteiger partial charge is 0.239 e.